The Labute approximate surface area is 198 Å². The number of ether oxygens (including phenoxy) is 1. The van der Waals surface area contributed by atoms with E-state index < -0.39 is 24.1 Å². The third-order valence-electron chi connectivity index (χ3n) is 6.69. The molecule has 10 heteroatoms. The molecule has 0 saturated carbocycles. The van der Waals surface area contributed by atoms with Crippen LogP contribution >= 0.6 is 11.6 Å². The van der Waals surface area contributed by atoms with E-state index in [1.54, 1.807) is 19.1 Å². The number of carbonyl (C=O) groups excluding carboxylic acids is 2. The number of halogens is 1. The molecule has 0 bridgehead atoms. The van der Waals surface area contributed by atoms with Crippen molar-refractivity contribution < 1.29 is 24.5 Å². The fraction of sp³-hybridized carbons (Fsp3) is 0.333. The molecule has 3 N–H and O–H groups in total. The number of esters is 1. The highest BCUT2D eigenvalue weighted by molar-refractivity contribution is 6.32. The van der Waals surface area contributed by atoms with Crippen molar-refractivity contribution in [2.75, 3.05) is 6.61 Å². The molecule has 34 heavy (non-hydrogen) atoms. The molecule has 4 heterocycles. The SMILES string of the molecule is CC[C@@]1(O)C(=O)OCc2c1cc1n(c2=O)Cc2c-1nc1cc(Cl)c(C)cc1c2CNC(=O)CO. The Bertz CT molecular complexity index is 1460. The third kappa shape index (κ3) is 3.15. The third-order valence-corrected chi connectivity index (χ3v) is 7.10. The van der Waals surface area contributed by atoms with Gasteiger partial charge in [0.15, 0.2) is 5.60 Å². The maximum Gasteiger partial charge on any atom is 0.343 e. The number of rotatable bonds is 4. The number of carbonyl (C=O) groups is 2. The second-order valence-corrected chi connectivity index (χ2v) is 8.98. The van der Waals surface area contributed by atoms with Gasteiger partial charge < -0.3 is 24.8 Å². The highest BCUT2D eigenvalue weighted by atomic mass is 35.5. The molecular weight excluding hydrogens is 462 g/mol. The van der Waals surface area contributed by atoms with Crippen LogP contribution in [-0.2, 0) is 39.6 Å². The number of fused-ring (bicyclic) bond motifs is 5. The number of hydrogen-bond acceptors (Lipinski definition) is 7. The minimum Gasteiger partial charge on any atom is -0.458 e. The topological polar surface area (TPSA) is 131 Å². The zero-order valence-electron chi connectivity index (χ0n) is 18.6. The summed E-state index contributed by atoms with van der Waals surface area (Å²) in [6.07, 6.45) is 0.0487. The molecule has 3 aromatic rings. The lowest BCUT2D eigenvalue weighted by molar-refractivity contribution is -0.172. The van der Waals surface area contributed by atoms with Gasteiger partial charge in [0.05, 0.1) is 29.0 Å². The van der Waals surface area contributed by atoms with Crippen LogP contribution in [-0.4, -0.2) is 38.2 Å². The van der Waals surface area contributed by atoms with Crippen LogP contribution < -0.4 is 10.9 Å². The second kappa shape index (κ2) is 7.90. The van der Waals surface area contributed by atoms with E-state index in [0.717, 1.165) is 22.1 Å². The van der Waals surface area contributed by atoms with Gasteiger partial charge in [0.2, 0.25) is 5.91 Å². The van der Waals surface area contributed by atoms with E-state index in [-0.39, 0.29) is 42.8 Å². The van der Waals surface area contributed by atoms with Gasteiger partial charge >= 0.3 is 5.97 Å². The predicted octanol–water partition coefficient (Wildman–Crippen LogP) is 1.65. The Morgan fingerprint density at radius 3 is 2.76 bits per heavy atom. The van der Waals surface area contributed by atoms with Crippen LogP contribution in [0.5, 0.6) is 0 Å². The molecule has 0 fully saturated rings. The molecule has 0 radical (unpaired) electrons. The Balaban J connectivity index is 1.78. The van der Waals surface area contributed by atoms with Crippen molar-refractivity contribution in [1.82, 2.24) is 14.9 Å². The maximum absolute atomic E-state index is 13.4. The summed E-state index contributed by atoms with van der Waals surface area (Å²) in [5.74, 6) is -1.32. The van der Waals surface area contributed by atoms with Gasteiger partial charge in [-0.15, -0.1) is 0 Å². The number of hydrogen-bond donors (Lipinski definition) is 3. The molecule has 1 aromatic carbocycles. The summed E-state index contributed by atoms with van der Waals surface area (Å²) in [6, 6.07) is 5.24. The molecule has 1 atom stereocenters. The largest absolute Gasteiger partial charge is 0.458 e. The van der Waals surface area contributed by atoms with Gasteiger partial charge in [0.1, 0.15) is 13.2 Å². The number of cyclic esters (lactones) is 1. The van der Waals surface area contributed by atoms with Gasteiger partial charge in [-0.05, 0) is 42.7 Å². The number of aliphatic hydroxyl groups is 2. The van der Waals surface area contributed by atoms with Crippen LogP contribution in [0.3, 0.4) is 0 Å². The highest BCUT2D eigenvalue weighted by Gasteiger charge is 2.45. The summed E-state index contributed by atoms with van der Waals surface area (Å²) < 4.78 is 6.65. The molecule has 0 spiro atoms. The van der Waals surface area contributed by atoms with Gasteiger partial charge in [-0.2, -0.15) is 0 Å². The Morgan fingerprint density at radius 2 is 2.06 bits per heavy atom. The van der Waals surface area contributed by atoms with Crippen molar-refractivity contribution >= 4 is 34.4 Å². The fourth-order valence-electron chi connectivity index (χ4n) is 4.74. The van der Waals surface area contributed by atoms with E-state index in [1.165, 1.54) is 4.57 Å². The quantitative estimate of drug-likeness (QED) is 0.376. The van der Waals surface area contributed by atoms with Crippen molar-refractivity contribution in [3.63, 3.8) is 0 Å². The average molecular weight is 484 g/mol. The van der Waals surface area contributed by atoms with Crippen molar-refractivity contribution in [2.24, 2.45) is 0 Å². The normalized spacial score (nSPS) is 18.3. The molecule has 0 unspecified atom stereocenters. The van der Waals surface area contributed by atoms with Gasteiger partial charge in [0, 0.05) is 28.1 Å². The lowest BCUT2D eigenvalue weighted by atomic mass is 9.86. The summed E-state index contributed by atoms with van der Waals surface area (Å²) in [5.41, 5.74) is 2.05. The average Bonchev–Trinajstić information content (AvgIpc) is 3.19. The van der Waals surface area contributed by atoms with Crippen LogP contribution in [0, 0.1) is 6.92 Å². The summed E-state index contributed by atoms with van der Waals surface area (Å²) in [6.45, 7) is 2.96. The van der Waals surface area contributed by atoms with E-state index in [4.69, 9.17) is 26.4 Å². The fourth-order valence-corrected chi connectivity index (χ4v) is 4.89. The van der Waals surface area contributed by atoms with E-state index in [9.17, 15) is 19.5 Å². The van der Waals surface area contributed by atoms with Crippen molar-refractivity contribution in [2.45, 2.75) is 45.6 Å². The number of nitrogens with one attached hydrogen (secondary N) is 1. The first-order valence-electron chi connectivity index (χ1n) is 10.9. The van der Waals surface area contributed by atoms with Gasteiger partial charge in [-0.3, -0.25) is 9.59 Å². The number of amides is 1. The van der Waals surface area contributed by atoms with E-state index in [0.29, 0.717) is 21.9 Å². The highest BCUT2D eigenvalue weighted by Crippen LogP contribution is 2.40. The maximum atomic E-state index is 13.4. The molecule has 9 nitrogen and oxygen atoms in total. The molecule has 5 rings (SSSR count). The van der Waals surface area contributed by atoms with Crippen molar-refractivity contribution in [3.8, 4) is 11.4 Å². The number of aryl methyl sites for hydroxylation is 1. The second-order valence-electron chi connectivity index (χ2n) is 8.57. The molecule has 2 aliphatic rings. The summed E-state index contributed by atoms with van der Waals surface area (Å²) in [7, 11) is 0. The first-order chi connectivity index (χ1) is 16.2. The summed E-state index contributed by atoms with van der Waals surface area (Å²) in [4.78, 5) is 42.4. The molecule has 2 aromatic heterocycles. The van der Waals surface area contributed by atoms with Crippen LogP contribution in [0.4, 0.5) is 0 Å². The predicted molar refractivity (Wildman–Crippen MR) is 123 cm³/mol. The zero-order valence-corrected chi connectivity index (χ0v) is 19.3. The number of pyridine rings is 2. The van der Waals surface area contributed by atoms with Gasteiger partial charge in [-0.25, -0.2) is 9.78 Å². The molecule has 1 amide bonds. The molecule has 2 aliphatic heterocycles. The molecule has 176 valence electrons. The minimum absolute atomic E-state index is 0.0487. The van der Waals surface area contributed by atoms with E-state index >= 15 is 0 Å². The Morgan fingerprint density at radius 1 is 1.29 bits per heavy atom. The number of benzene rings is 1. The standard InChI is InChI=1S/C24H22ClN3O6/c1-3-24(33)16-5-19-21-14(8-28(19)22(31)15(16)10-34-23(24)32)13(7-26-20(30)9-29)12-4-11(2)17(25)6-18(12)27-21/h4-6,29,33H,3,7-10H2,1-2H3,(H,26,30)/t24-/m0/s1. The van der Waals surface area contributed by atoms with Crippen LogP contribution in [0.25, 0.3) is 22.3 Å². The van der Waals surface area contributed by atoms with Crippen molar-refractivity contribution in [3.05, 3.63) is 61.4 Å². The van der Waals surface area contributed by atoms with E-state index in [1.807, 2.05) is 13.0 Å². The number of aliphatic hydroxyl groups excluding tert-OH is 1. The first-order valence-corrected chi connectivity index (χ1v) is 11.2. The number of nitrogens with zero attached hydrogens (tertiary/aromatic N) is 2. The first kappa shape index (κ1) is 22.5. The molecule has 0 aliphatic carbocycles. The molecule has 0 saturated heterocycles. The smallest absolute Gasteiger partial charge is 0.343 e. The Hall–Kier alpha value is -3.27. The minimum atomic E-state index is -1.92. The zero-order chi connectivity index (χ0) is 24.4. The summed E-state index contributed by atoms with van der Waals surface area (Å²) in [5, 5.41) is 24.2. The molecular formula is C24H22ClN3O6. The van der Waals surface area contributed by atoms with Crippen LogP contribution in [0.1, 0.15) is 41.2 Å². The Kier molecular flexibility index (Phi) is 5.23. The van der Waals surface area contributed by atoms with E-state index in [2.05, 4.69) is 5.32 Å². The monoisotopic (exact) mass is 483 g/mol. The number of aromatic nitrogens is 2. The van der Waals surface area contributed by atoms with Gasteiger partial charge in [-0.1, -0.05) is 18.5 Å². The van der Waals surface area contributed by atoms with Crippen LogP contribution in [0.15, 0.2) is 23.0 Å². The summed E-state index contributed by atoms with van der Waals surface area (Å²) >= 11 is 6.35. The van der Waals surface area contributed by atoms with Crippen molar-refractivity contribution in [1.29, 1.82) is 0 Å². The lowest BCUT2D eigenvalue weighted by Crippen LogP contribution is -2.44. The van der Waals surface area contributed by atoms with Gasteiger partial charge in [0.25, 0.3) is 5.56 Å². The lowest BCUT2D eigenvalue weighted by Gasteiger charge is -2.31. The van der Waals surface area contributed by atoms with Crippen LogP contribution in [0.2, 0.25) is 5.02 Å².